The van der Waals surface area contributed by atoms with Crippen LogP contribution in [-0.4, -0.2) is 47.1 Å². The number of aromatic nitrogens is 1. The third-order valence-corrected chi connectivity index (χ3v) is 3.62. The van der Waals surface area contributed by atoms with Gasteiger partial charge in [-0.3, -0.25) is 0 Å². The fourth-order valence-electron chi connectivity index (χ4n) is 2.33. The number of halogens is 1. The fraction of sp³-hybridized carbons (Fsp3) is 0.538. The molecule has 6 heteroatoms. The van der Waals surface area contributed by atoms with Crippen molar-refractivity contribution in [2.24, 2.45) is 5.92 Å². The lowest BCUT2D eigenvalue weighted by atomic mass is 10.1. The Kier molecular flexibility index (Phi) is 4.61. The summed E-state index contributed by atoms with van der Waals surface area (Å²) in [5.74, 6) is 0.110. The molecule has 1 unspecified atom stereocenters. The van der Waals surface area contributed by atoms with E-state index in [1.165, 1.54) is 12.1 Å². The molecule has 0 radical (unpaired) electrons. The van der Waals surface area contributed by atoms with Gasteiger partial charge in [0.1, 0.15) is 11.0 Å². The molecule has 1 aliphatic rings. The van der Waals surface area contributed by atoms with Crippen LogP contribution in [0.1, 0.15) is 23.7 Å². The number of aromatic carboxylic acids is 1. The molecule has 0 aliphatic carbocycles. The molecule has 2 N–H and O–H groups in total. The highest BCUT2D eigenvalue weighted by atomic mass is 35.5. The summed E-state index contributed by atoms with van der Waals surface area (Å²) < 4.78 is 0. The number of pyridine rings is 1. The van der Waals surface area contributed by atoms with Gasteiger partial charge in [0, 0.05) is 13.1 Å². The van der Waals surface area contributed by atoms with Gasteiger partial charge in [-0.2, -0.15) is 0 Å². The number of carboxylic acid groups (broad SMARTS) is 1. The lowest BCUT2D eigenvalue weighted by Gasteiger charge is -2.14. The minimum absolute atomic E-state index is 0.157. The zero-order chi connectivity index (χ0) is 13.8. The molecule has 0 aromatic carbocycles. The molecule has 19 heavy (non-hydrogen) atoms. The molecular weight excluding hydrogens is 266 g/mol. The van der Waals surface area contributed by atoms with Crippen LogP contribution in [0.4, 0.5) is 5.82 Å². The lowest BCUT2D eigenvalue weighted by Crippen LogP contribution is -2.22. The predicted octanol–water partition coefficient (Wildman–Crippen LogP) is 2.19. The zero-order valence-corrected chi connectivity index (χ0v) is 11.7. The number of carboxylic acids is 1. The average molecular weight is 284 g/mol. The van der Waals surface area contributed by atoms with Crippen molar-refractivity contribution in [3.05, 3.63) is 22.8 Å². The molecule has 0 amide bonds. The number of hydrogen-bond donors (Lipinski definition) is 2. The van der Waals surface area contributed by atoms with Crippen molar-refractivity contribution in [2.75, 3.05) is 31.5 Å². The molecular formula is C13H18ClN3O2. The van der Waals surface area contributed by atoms with Crippen LogP contribution >= 0.6 is 11.6 Å². The van der Waals surface area contributed by atoms with Crippen molar-refractivity contribution >= 4 is 23.4 Å². The van der Waals surface area contributed by atoms with E-state index in [1.807, 2.05) is 0 Å². The van der Waals surface area contributed by atoms with E-state index in [4.69, 9.17) is 16.7 Å². The molecule has 0 saturated carbocycles. The first-order valence-electron chi connectivity index (χ1n) is 6.45. The van der Waals surface area contributed by atoms with Crippen LogP contribution in [0, 0.1) is 5.92 Å². The van der Waals surface area contributed by atoms with Crippen LogP contribution in [0.5, 0.6) is 0 Å². The minimum Gasteiger partial charge on any atom is -0.478 e. The third-order valence-electron chi connectivity index (χ3n) is 3.43. The molecule has 0 bridgehead atoms. The smallest absolute Gasteiger partial charge is 0.335 e. The van der Waals surface area contributed by atoms with Gasteiger partial charge in [-0.15, -0.1) is 0 Å². The van der Waals surface area contributed by atoms with E-state index in [2.05, 4.69) is 22.1 Å². The Balaban J connectivity index is 1.94. The lowest BCUT2D eigenvalue weighted by molar-refractivity contribution is 0.0697. The maximum atomic E-state index is 10.9. The Hall–Kier alpha value is -1.33. The van der Waals surface area contributed by atoms with E-state index in [1.54, 1.807) is 0 Å². The monoisotopic (exact) mass is 283 g/mol. The summed E-state index contributed by atoms with van der Waals surface area (Å²) in [4.78, 5) is 17.4. The van der Waals surface area contributed by atoms with E-state index in [9.17, 15) is 4.79 Å². The molecule has 1 atom stereocenters. The molecule has 2 rings (SSSR count). The molecule has 2 heterocycles. The quantitative estimate of drug-likeness (QED) is 0.811. The van der Waals surface area contributed by atoms with Crippen molar-refractivity contribution in [3.8, 4) is 0 Å². The normalized spacial score (nSPS) is 19.6. The standard InChI is InChI=1S/C13H18ClN3O2/c1-2-17-4-3-9(8-17)7-15-12-6-10(13(18)19)5-11(14)16-12/h5-6,9H,2-4,7-8H2,1H3,(H,15,16)(H,18,19). The summed E-state index contributed by atoms with van der Waals surface area (Å²) in [6.07, 6.45) is 1.16. The van der Waals surface area contributed by atoms with Crippen LogP contribution in [0.25, 0.3) is 0 Å². The number of nitrogens with one attached hydrogen (secondary N) is 1. The highest BCUT2D eigenvalue weighted by Gasteiger charge is 2.20. The van der Waals surface area contributed by atoms with Crippen LogP contribution in [-0.2, 0) is 0 Å². The van der Waals surface area contributed by atoms with Gasteiger partial charge in [0.25, 0.3) is 0 Å². The summed E-state index contributed by atoms with van der Waals surface area (Å²) >= 11 is 5.81. The number of likely N-dealkylation sites (tertiary alicyclic amines) is 1. The highest BCUT2D eigenvalue weighted by Crippen LogP contribution is 2.18. The van der Waals surface area contributed by atoms with E-state index in [0.717, 1.165) is 32.6 Å². The van der Waals surface area contributed by atoms with Gasteiger partial charge < -0.3 is 15.3 Å². The molecule has 1 aliphatic heterocycles. The number of hydrogen-bond acceptors (Lipinski definition) is 4. The van der Waals surface area contributed by atoms with Crippen LogP contribution in [0.2, 0.25) is 5.15 Å². The van der Waals surface area contributed by atoms with Crippen molar-refractivity contribution in [3.63, 3.8) is 0 Å². The maximum absolute atomic E-state index is 10.9. The summed E-state index contributed by atoms with van der Waals surface area (Å²) in [6, 6.07) is 2.87. The molecule has 1 saturated heterocycles. The summed E-state index contributed by atoms with van der Waals surface area (Å²) in [5, 5.41) is 12.3. The molecule has 0 spiro atoms. The SMILES string of the molecule is CCN1CCC(CNc2cc(C(=O)O)cc(Cl)n2)C1. The van der Waals surface area contributed by atoms with Gasteiger partial charge in [-0.25, -0.2) is 9.78 Å². The highest BCUT2D eigenvalue weighted by molar-refractivity contribution is 6.29. The second-order valence-electron chi connectivity index (χ2n) is 4.80. The summed E-state index contributed by atoms with van der Waals surface area (Å²) in [7, 11) is 0. The molecule has 5 nitrogen and oxygen atoms in total. The topological polar surface area (TPSA) is 65.5 Å². The largest absolute Gasteiger partial charge is 0.478 e. The van der Waals surface area contributed by atoms with E-state index in [0.29, 0.717) is 11.7 Å². The fourth-order valence-corrected chi connectivity index (χ4v) is 2.54. The summed E-state index contributed by atoms with van der Waals surface area (Å²) in [5.41, 5.74) is 0.157. The Morgan fingerprint density at radius 1 is 1.63 bits per heavy atom. The van der Waals surface area contributed by atoms with Crippen molar-refractivity contribution in [2.45, 2.75) is 13.3 Å². The minimum atomic E-state index is -0.995. The third kappa shape index (κ3) is 3.81. The molecule has 1 fully saturated rings. The van der Waals surface area contributed by atoms with E-state index >= 15 is 0 Å². The van der Waals surface area contributed by atoms with E-state index < -0.39 is 5.97 Å². The number of anilines is 1. The summed E-state index contributed by atoms with van der Waals surface area (Å²) in [6.45, 7) is 6.24. The molecule has 1 aromatic rings. The predicted molar refractivity (Wildman–Crippen MR) is 74.9 cm³/mol. The van der Waals surface area contributed by atoms with Crippen LogP contribution in [0.3, 0.4) is 0 Å². The van der Waals surface area contributed by atoms with Gasteiger partial charge in [-0.1, -0.05) is 18.5 Å². The maximum Gasteiger partial charge on any atom is 0.335 e. The second-order valence-corrected chi connectivity index (χ2v) is 5.19. The van der Waals surface area contributed by atoms with Crippen molar-refractivity contribution < 1.29 is 9.90 Å². The molecule has 104 valence electrons. The van der Waals surface area contributed by atoms with Crippen molar-refractivity contribution in [1.82, 2.24) is 9.88 Å². The first-order chi connectivity index (χ1) is 9.08. The van der Waals surface area contributed by atoms with Gasteiger partial charge in [0.15, 0.2) is 0 Å². The zero-order valence-electron chi connectivity index (χ0n) is 10.9. The number of rotatable bonds is 5. The molecule has 1 aromatic heterocycles. The first-order valence-corrected chi connectivity index (χ1v) is 6.83. The van der Waals surface area contributed by atoms with Gasteiger partial charge in [0.2, 0.25) is 0 Å². The number of nitrogens with zero attached hydrogens (tertiary/aromatic N) is 2. The Morgan fingerprint density at radius 2 is 2.42 bits per heavy atom. The number of carbonyl (C=O) groups is 1. The van der Waals surface area contributed by atoms with Crippen molar-refractivity contribution in [1.29, 1.82) is 0 Å². The van der Waals surface area contributed by atoms with Gasteiger partial charge >= 0.3 is 5.97 Å². The van der Waals surface area contributed by atoms with Gasteiger partial charge in [-0.05, 0) is 37.6 Å². The van der Waals surface area contributed by atoms with Crippen LogP contribution in [0.15, 0.2) is 12.1 Å². The second kappa shape index (κ2) is 6.21. The Bertz CT molecular complexity index is 467. The van der Waals surface area contributed by atoms with E-state index in [-0.39, 0.29) is 10.7 Å². The van der Waals surface area contributed by atoms with Gasteiger partial charge in [0.05, 0.1) is 5.56 Å². The van der Waals surface area contributed by atoms with Crippen LogP contribution < -0.4 is 5.32 Å². The Morgan fingerprint density at radius 3 is 3.05 bits per heavy atom. The Labute approximate surface area is 117 Å². The average Bonchev–Trinajstić information content (AvgIpc) is 2.83. The first kappa shape index (κ1) is 14.1.